The summed E-state index contributed by atoms with van der Waals surface area (Å²) in [5, 5.41) is 0. The smallest absolute Gasteiger partial charge is 0.252 e. The molecule has 0 saturated heterocycles. The number of rotatable bonds is 8. The summed E-state index contributed by atoms with van der Waals surface area (Å²) in [5.74, 6) is 0.643. The van der Waals surface area contributed by atoms with Crippen LogP contribution in [0.2, 0.25) is 0 Å². The van der Waals surface area contributed by atoms with Crippen molar-refractivity contribution in [1.82, 2.24) is 9.21 Å². The molecular weight excluding hydrogens is 328 g/mol. The second-order valence-corrected chi connectivity index (χ2v) is 9.43. The first-order valence-corrected chi connectivity index (χ1v) is 9.77. The monoisotopic (exact) mass is 352 g/mol. The molecular formula is C14H25ClN2O2S2. The van der Waals surface area contributed by atoms with E-state index in [9.17, 15) is 8.42 Å². The van der Waals surface area contributed by atoms with Gasteiger partial charge in [0.05, 0.1) is 5.88 Å². The maximum absolute atomic E-state index is 12.8. The van der Waals surface area contributed by atoms with Crippen molar-refractivity contribution in [1.29, 1.82) is 0 Å². The summed E-state index contributed by atoms with van der Waals surface area (Å²) < 4.78 is 27.7. The summed E-state index contributed by atoms with van der Waals surface area (Å²) in [5.41, 5.74) is 0.950. The van der Waals surface area contributed by atoms with Crippen molar-refractivity contribution in [2.75, 3.05) is 33.7 Å². The fourth-order valence-corrected chi connectivity index (χ4v) is 5.47. The van der Waals surface area contributed by atoms with Crippen LogP contribution in [0.15, 0.2) is 10.3 Å². The number of hydrogen-bond donors (Lipinski definition) is 0. The molecule has 0 fully saturated rings. The van der Waals surface area contributed by atoms with Gasteiger partial charge in [0.15, 0.2) is 0 Å². The number of aryl methyl sites for hydroxylation is 1. The second kappa shape index (κ2) is 7.92. The molecule has 0 aliphatic carbocycles. The van der Waals surface area contributed by atoms with E-state index in [-0.39, 0.29) is 5.92 Å². The average Bonchev–Trinajstić information content (AvgIpc) is 2.75. The second-order valence-electron chi connectivity index (χ2n) is 5.87. The molecule has 1 aromatic heterocycles. The minimum absolute atomic E-state index is 0.287. The van der Waals surface area contributed by atoms with Gasteiger partial charge in [0, 0.05) is 24.5 Å². The molecule has 0 saturated carbocycles. The van der Waals surface area contributed by atoms with Crippen LogP contribution in [0.4, 0.5) is 0 Å². The predicted molar refractivity (Wildman–Crippen MR) is 90.8 cm³/mol. The summed E-state index contributed by atoms with van der Waals surface area (Å²) in [4.78, 5) is 2.92. The molecule has 122 valence electrons. The lowest BCUT2D eigenvalue weighted by Gasteiger charge is -2.24. The van der Waals surface area contributed by atoms with E-state index in [2.05, 4.69) is 0 Å². The molecule has 4 nitrogen and oxygen atoms in total. The van der Waals surface area contributed by atoms with Crippen LogP contribution in [-0.4, -0.2) is 51.4 Å². The van der Waals surface area contributed by atoms with E-state index < -0.39 is 10.0 Å². The Labute approximate surface area is 137 Å². The van der Waals surface area contributed by atoms with E-state index in [0.717, 1.165) is 10.4 Å². The number of sulfonamides is 1. The quantitative estimate of drug-likeness (QED) is 0.675. The zero-order chi connectivity index (χ0) is 16.2. The van der Waals surface area contributed by atoms with E-state index in [1.54, 1.807) is 10.4 Å². The van der Waals surface area contributed by atoms with Gasteiger partial charge in [-0.05, 0) is 38.6 Å². The van der Waals surface area contributed by atoms with Crippen molar-refractivity contribution < 1.29 is 8.42 Å². The van der Waals surface area contributed by atoms with Gasteiger partial charge in [-0.25, -0.2) is 8.42 Å². The highest BCUT2D eigenvalue weighted by Crippen LogP contribution is 2.29. The molecule has 0 N–H and O–H groups in total. The lowest BCUT2D eigenvalue weighted by atomic mass is 10.2. The van der Waals surface area contributed by atoms with E-state index >= 15 is 0 Å². The van der Waals surface area contributed by atoms with Gasteiger partial charge in [0.2, 0.25) is 0 Å². The number of alkyl halides is 1. The molecule has 0 spiro atoms. The first-order chi connectivity index (χ1) is 9.68. The number of likely N-dealkylation sites (N-methyl/N-ethyl adjacent to an activating group) is 1. The fraction of sp³-hybridized carbons (Fsp3) is 0.714. The summed E-state index contributed by atoms with van der Waals surface area (Å²) in [6, 6.07) is 1.74. The standard InChI is InChI=1S/C14H25ClN2O2S2/c1-11(2)10-17(7-6-16(4)5)21(18,19)14-8-12(3)13(9-15)20-14/h8,11H,6-7,9-10H2,1-5H3. The Hall–Kier alpha value is -0.140. The fourth-order valence-electron chi connectivity index (χ4n) is 1.90. The number of halogens is 1. The third-order valence-electron chi connectivity index (χ3n) is 3.08. The van der Waals surface area contributed by atoms with Gasteiger partial charge in [-0.3, -0.25) is 0 Å². The third kappa shape index (κ3) is 5.21. The molecule has 0 amide bonds. The molecule has 1 heterocycles. The Balaban J connectivity index is 3.06. The normalized spacial score (nSPS) is 12.8. The van der Waals surface area contributed by atoms with Gasteiger partial charge in [-0.15, -0.1) is 22.9 Å². The molecule has 7 heteroatoms. The Morgan fingerprint density at radius 1 is 1.29 bits per heavy atom. The van der Waals surface area contributed by atoms with Crippen LogP contribution in [0.3, 0.4) is 0 Å². The maximum Gasteiger partial charge on any atom is 0.252 e. The number of nitrogens with zero attached hydrogens (tertiary/aromatic N) is 2. The van der Waals surface area contributed by atoms with Crippen molar-refractivity contribution in [3.63, 3.8) is 0 Å². The van der Waals surface area contributed by atoms with Crippen LogP contribution in [-0.2, 0) is 15.9 Å². The molecule has 0 aliphatic heterocycles. The summed E-state index contributed by atoms with van der Waals surface area (Å²) >= 11 is 7.14. The lowest BCUT2D eigenvalue weighted by molar-refractivity contribution is 0.313. The topological polar surface area (TPSA) is 40.6 Å². The Morgan fingerprint density at radius 2 is 1.90 bits per heavy atom. The van der Waals surface area contributed by atoms with Crippen LogP contribution < -0.4 is 0 Å². The van der Waals surface area contributed by atoms with Crippen molar-refractivity contribution in [2.45, 2.75) is 30.9 Å². The summed E-state index contributed by atoms with van der Waals surface area (Å²) in [6.45, 7) is 7.70. The summed E-state index contributed by atoms with van der Waals surface area (Å²) in [7, 11) is 0.454. The summed E-state index contributed by atoms with van der Waals surface area (Å²) in [6.07, 6.45) is 0. The van der Waals surface area contributed by atoms with Crippen molar-refractivity contribution in [3.8, 4) is 0 Å². The zero-order valence-corrected chi connectivity index (χ0v) is 15.8. The molecule has 0 aliphatic rings. The Kier molecular flexibility index (Phi) is 7.13. The molecule has 0 aromatic carbocycles. The van der Waals surface area contributed by atoms with E-state index in [0.29, 0.717) is 29.7 Å². The minimum atomic E-state index is -3.44. The van der Waals surface area contributed by atoms with Crippen LogP contribution in [0, 0.1) is 12.8 Å². The van der Waals surface area contributed by atoms with Crippen LogP contribution in [0.25, 0.3) is 0 Å². The number of thiophene rings is 1. The SMILES string of the molecule is Cc1cc(S(=O)(=O)N(CCN(C)C)CC(C)C)sc1CCl. The highest BCUT2D eigenvalue weighted by molar-refractivity contribution is 7.91. The van der Waals surface area contributed by atoms with Crippen molar-refractivity contribution in [3.05, 3.63) is 16.5 Å². The Morgan fingerprint density at radius 3 is 2.33 bits per heavy atom. The molecule has 0 atom stereocenters. The predicted octanol–water partition coefficient (Wildman–Crippen LogP) is 3.00. The zero-order valence-electron chi connectivity index (χ0n) is 13.4. The first-order valence-electron chi connectivity index (χ1n) is 6.98. The molecule has 0 unspecified atom stereocenters. The van der Waals surface area contributed by atoms with Gasteiger partial charge >= 0.3 is 0 Å². The van der Waals surface area contributed by atoms with E-state index in [4.69, 9.17) is 11.6 Å². The molecule has 0 radical (unpaired) electrons. The minimum Gasteiger partial charge on any atom is -0.308 e. The van der Waals surface area contributed by atoms with E-state index in [1.807, 2.05) is 39.8 Å². The molecule has 1 aromatic rings. The van der Waals surface area contributed by atoms with Gasteiger partial charge in [-0.2, -0.15) is 4.31 Å². The van der Waals surface area contributed by atoms with Crippen LogP contribution >= 0.6 is 22.9 Å². The van der Waals surface area contributed by atoms with Crippen LogP contribution in [0.1, 0.15) is 24.3 Å². The maximum atomic E-state index is 12.8. The molecule has 0 bridgehead atoms. The van der Waals surface area contributed by atoms with Gasteiger partial charge in [0.25, 0.3) is 10.0 Å². The Bertz CT molecular complexity index is 553. The van der Waals surface area contributed by atoms with Crippen LogP contribution in [0.5, 0.6) is 0 Å². The number of hydrogen-bond acceptors (Lipinski definition) is 4. The average molecular weight is 353 g/mol. The third-order valence-corrected chi connectivity index (χ3v) is 7.06. The highest BCUT2D eigenvalue weighted by Gasteiger charge is 2.27. The van der Waals surface area contributed by atoms with Crippen molar-refractivity contribution >= 4 is 33.0 Å². The van der Waals surface area contributed by atoms with Gasteiger partial charge < -0.3 is 4.90 Å². The first kappa shape index (κ1) is 18.9. The van der Waals surface area contributed by atoms with Gasteiger partial charge in [-0.1, -0.05) is 13.8 Å². The van der Waals surface area contributed by atoms with Crippen molar-refractivity contribution in [2.24, 2.45) is 5.92 Å². The molecule has 21 heavy (non-hydrogen) atoms. The largest absolute Gasteiger partial charge is 0.308 e. The lowest BCUT2D eigenvalue weighted by Crippen LogP contribution is -2.38. The highest BCUT2D eigenvalue weighted by atomic mass is 35.5. The molecule has 1 rings (SSSR count). The van der Waals surface area contributed by atoms with E-state index in [1.165, 1.54) is 11.3 Å². The van der Waals surface area contributed by atoms with Gasteiger partial charge in [0.1, 0.15) is 4.21 Å².